The van der Waals surface area contributed by atoms with E-state index in [0.29, 0.717) is 24.1 Å². The molecule has 4 rings (SSSR count). The number of carbonyl (C=O) groups excluding carboxylic acids is 3. The van der Waals surface area contributed by atoms with Gasteiger partial charge in [-0.3, -0.25) is 24.6 Å². The second kappa shape index (κ2) is 9.11. The number of nitro benzene ring substituents is 1. The fraction of sp³-hybridized carbons (Fsp3) is 0.318. The Balaban J connectivity index is 1.41. The van der Waals surface area contributed by atoms with Gasteiger partial charge in [0.25, 0.3) is 5.69 Å². The van der Waals surface area contributed by atoms with Gasteiger partial charge in [-0.15, -0.1) is 0 Å². The summed E-state index contributed by atoms with van der Waals surface area (Å²) in [5.74, 6) is -1.68. The first-order valence-electron chi connectivity index (χ1n) is 9.92. The molecule has 8 nitrogen and oxygen atoms in total. The van der Waals surface area contributed by atoms with Crippen molar-refractivity contribution in [2.24, 2.45) is 11.8 Å². The normalized spacial score (nSPS) is 24.9. The molecule has 1 saturated carbocycles. The highest BCUT2D eigenvalue weighted by molar-refractivity contribution is 9.12. The molecule has 2 aromatic rings. The lowest BCUT2D eigenvalue weighted by Crippen LogP contribution is -2.34. The Morgan fingerprint density at radius 2 is 1.50 bits per heavy atom. The number of nitrogens with zero attached hydrogens (tertiary/aromatic N) is 2. The molecule has 1 aliphatic heterocycles. The summed E-state index contributed by atoms with van der Waals surface area (Å²) in [5.41, 5.74) is 1.28. The summed E-state index contributed by atoms with van der Waals surface area (Å²) in [6.45, 7) is -0.0353. The molecule has 0 N–H and O–H groups in total. The van der Waals surface area contributed by atoms with Gasteiger partial charge in [-0.25, -0.2) is 4.79 Å². The number of benzene rings is 2. The van der Waals surface area contributed by atoms with Gasteiger partial charge < -0.3 is 4.74 Å². The van der Waals surface area contributed by atoms with Crippen LogP contribution in [0.15, 0.2) is 48.5 Å². The number of carbonyl (C=O) groups is 3. The van der Waals surface area contributed by atoms with Crippen molar-refractivity contribution in [3.63, 3.8) is 0 Å². The van der Waals surface area contributed by atoms with Crippen molar-refractivity contribution in [3.05, 3.63) is 69.8 Å². The monoisotopic (exact) mass is 564 g/mol. The van der Waals surface area contributed by atoms with E-state index < -0.39 is 10.9 Å². The minimum absolute atomic E-state index is 0.0353. The summed E-state index contributed by atoms with van der Waals surface area (Å²) < 4.78 is 5.26. The molecule has 0 spiro atoms. The summed E-state index contributed by atoms with van der Waals surface area (Å²) in [6, 6.07) is 11.9. The molecule has 2 aliphatic rings. The van der Waals surface area contributed by atoms with Gasteiger partial charge in [0.15, 0.2) is 0 Å². The second-order valence-corrected chi connectivity index (χ2v) is 10.1. The molecule has 2 aromatic carbocycles. The number of hydrogen-bond donors (Lipinski definition) is 0. The number of nitro groups is 1. The molecule has 1 aliphatic carbocycles. The van der Waals surface area contributed by atoms with Gasteiger partial charge in [0.05, 0.1) is 28.0 Å². The van der Waals surface area contributed by atoms with Gasteiger partial charge in [0.2, 0.25) is 11.8 Å². The fourth-order valence-corrected chi connectivity index (χ4v) is 5.28. The smallest absolute Gasteiger partial charge is 0.338 e. The minimum Gasteiger partial charge on any atom is -0.457 e. The Labute approximate surface area is 200 Å². The number of alkyl halides is 2. The molecule has 1 heterocycles. The Hall–Kier alpha value is -2.59. The molecule has 2 fully saturated rings. The van der Waals surface area contributed by atoms with Gasteiger partial charge in [-0.05, 0) is 54.8 Å². The summed E-state index contributed by atoms with van der Waals surface area (Å²) >= 11 is 7.14. The summed E-state index contributed by atoms with van der Waals surface area (Å²) in [5, 5.41) is 10.7. The first kappa shape index (κ1) is 22.6. The molecular formula is C22H18Br2N2O6. The number of anilines is 1. The standard InChI is InChI=1S/C22H18Br2N2O6/c23-18-9-16-17(10-19(18)24)21(28)25(20(16)27)14-7-3-13(4-8-14)22(29)32-11-12-1-5-15(6-2-12)26(30)31/h1-8,16-19H,9-11H2/t16-,17-,18-,19+/m1/s1. The zero-order valence-corrected chi connectivity index (χ0v) is 19.8. The minimum atomic E-state index is -0.577. The number of imide groups is 1. The first-order chi connectivity index (χ1) is 15.3. The maximum absolute atomic E-state index is 12.9. The third kappa shape index (κ3) is 4.33. The van der Waals surface area contributed by atoms with E-state index in [1.807, 2.05) is 0 Å². The third-order valence-corrected chi connectivity index (χ3v) is 8.52. The van der Waals surface area contributed by atoms with Crippen LogP contribution in [0.25, 0.3) is 0 Å². The fourth-order valence-electron chi connectivity index (χ4n) is 4.04. The van der Waals surface area contributed by atoms with Crippen LogP contribution in [0.2, 0.25) is 0 Å². The average Bonchev–Trinajstić information content (AvgIpc) is 3.02. The van der Waals surface area contributed by atoms with Crippen LogP contribution in [0.1, 0.15) is 28.8 Å². The second-order valence-electron chi connectivity index (χ2n) is 7.77. The van der Waals surface area contributed by atoms with Gasteiger partial charge in [-0.1, -0.05) is 31.9 Å². The quantitative estimate of drug-likeness (QED) is 0.175. The van der Waals surface area contributed by atoms with Crippen LogP contribution >= 0.6 is 31.9 Å². The molecule has 10 heteroatoms. The van der Waals surface area contributed by atoms with Crippen molar-refractivity contribution in [2.75, 3.05) is 4.90 Å². The maximum Gasteiger partial charge on any atom is 0.338 e. The third-order valence-electron chi connectivity index (χ3n) is 5.79. The van der Waals surface area contributed by atoms with Crippen LogP contribution in [0.4, 0.5) is 11.4 Å². The Bertz CT molecular complexity index is 1040. The number of halogens is 2. The van der Waals surface area contributed by atoms with Crippen molar-refractivity contribution < 1.29 is 24.0 Å². The van der Waals surface area contributed by atoms with Gasteiger partial charge in [0, 0.05) is 21.8 Å². The van der Waals surface area contributed by atoms with Crippen LogP contribution in [-0.4, -0.2) is 32.4 Å². The first-order valence-corrected chi connectivity index (χ1v) is 11.8. The molecule has 0 aromatic heterocycles. The van der Waals surface area contributed by atoms with E-state index in [1.54, 1.807) is 12.1 Å². The predicted octanol–water partition coefficient (Wildman–Crippen LogP) is 4.38. The number of rotatable bonds is 5. The van der Waals surface area contributed by atoms with Crippen molar-refractivity contribution >= 4 is 61.0 Å². The number of amides is 2. The van der Waals surface area contributed by atoms with Crippen LogP contribution in [0.3, 0.4) is 0 Å². The highest BCUT2D eigenvalue weighted by Gasteiger charge is 2.52. The zero-order chi connectivity index (χ0) is 23.0. The predicted molar refractivity (Wildman–Crippen MR) is 123 cm³/mol. The van der Waals surface area contributed by atoms with Gasteiger partial charge >= 0.3 is 5.97 Å². The number of non-ortho nitro benzene ring substituents is 1. The summed E-state index contributed by atoms with van der Waals surface area (Å²) in [4.78, 5) is 49.8. The van der Waals surface area contributed by atoms with E-state index in [1.165, 1.54) is 41.3 Å². The zero-order valence-electron chi connectivity index (χ0n) is 16.6. The lowest BCUT2D eigenvalue weighted by atomic mass is 9.81. The van der Waals surface area contributed by atoms with Crippen LogP contribution < -0.4 is 4.90 Å². The van der Waals surface area contributed by atoms with Crippen molar-refractivity contribution in [1.29, 1.82) is 0 Å². The molecule has 0 unspecified atom stereocenters. The van der Waals surface area contributed by atoms with Crippen molar-refractivity contribution in [3.8, 4) is 0 Å². The lowest BCUT2D eigenvalue weighted by Gasteiger charge is -2.29. The van der Waals surface area contributed by atoms with Gasteiger partial charge in [-0.2, -0.15) is 0 Å². The van der Waals surface area contributed by atoms with E-state index in [4.69, 9.17) is 4.74 Å². The summed E-state index contributed by atoms with van der Waals surface area (Å²) in [7, 11) is 0. The molecule has 32 heavy (non-hydrogen) atoms. The average molecular weight is 566 g/mol. The number of fused-ring (bicyclic) bond motifs is 1. The van der Waals surface area contributed by atoms with E-state index in [-0.39, 0.29) is 51.2 Å². The highest BCUT2D eigenvalue weighted by Crippen LogP contribution is 2.44. The largest absolute Gasteiger partial charge is 0.457 e. The molecule has 4 atom stereocenters. The maximum atomic E-state index is 12.9. The molecule has 0 bridgehead atoms. The Kier molecular flexibility index (Phi) is 6.43. The van der Waals surface area contributed by atoms with E-state index in [2.05, 4.69) is 31.9 Å². The lowest BCUT2D eigenvalue weighted by molar-refractivity contribution is -0.384. The Morgan fingerprint density at radius 3 is 2.00 bits per heavy atom. The SMILES string of the molecule is O=C(OCc1ccc([N+](=O)[O-])cc1)c1ccc(N2C(=O)[C@@H]3C[C@@H](Br)[C@@H](Br)C[C@H]3C2=O)cc1. The topological polar surface area (TPSA) is 107 Å². The number of hydrogen-bond acceptors (Lipinski definition) is 6. The van der Waals surface area contributed by atoms with E-state index in [0.717, 1.165) is 0 Å². The number of ether oxygens (including phenoxy) is 1. The summed E-state index contributed by atoms with van der Waals surface area (Å²) in [6.07, 6.45) is 1.18. The molecule has 2 amide bonds. The highest BCUT2D eigenvalue weighted by atomic mass is 79.9. The van der Waals surface area contributed by atoms with Crippen molar-refractivity contribution in [2.45, 2.75) is 29.1 Å². The molecular weight excluding hydrogens is 548 g/mol. The molecule has 0 radical (unpaired) electrons. The van der Waals surface area contributed by atoms with E-state index >= 15 is 0 Å². The van der Waals surface area contributed by atoms with Crippen LogP contribution in [-0.2, 0) is 20.9 Å². The van der Waals surface area contributed by atoms with Crippen molar-refractivity contribution in [1.82, 2.24) is 0 Å². The van der Waals surface area contributed by atoms with Crippen LogP contribution in [0.5, 0.6) is 0 Å². The number of esters is 1. The van der Waals surface area contributed by atoms with E-state index in [9.17, 15) is 24.5 Å². The Morgan fingerprint density at radius 1 is 0.969 bits per heavy atom. The van der Waals surface area contributed by atoms with Gasteiger partial charge in [0.1, 0.15) is 6.61 Å². The molecule has 166 valence electrons. The van der Waals surface area contributed by atoms with Crippen LogP contribution in [0, 0.1) is 22.0 Å². The molecule has 1 saturated heterocycles.